The lowest BCUT2D eigenvalue weighted by molar-refractivity contribution is -0.117. The van der Waals surface area contributed by atoms with Gasteiger partial charge in [0.2, 0.25) is 0 Å². The van der Waals surface area contributed by atoms with Crippen LogP contribution in [0.15, 0.2) is 76.7 Å². The van der Waals surface area contributed by atoms with Crippen LogP contribution < -0.4 is 5.32 Å². The first kappa shape index (κ1) is 18.7. The molecule has 0 aliphatic heterocycles. The summed E-state index contributed by atoms with van der Waals surface area (Å²) in [5, 5.41) is 21.1. The molecule has 0 bridgehead atoms. The molecule has 0 aliphatic carbocycles. The summed E-state index contributed by atoms with van der Waals surface area (Å²) in [5.74, 6) is 0.527. The molecule has 3 aromatic rings. The third kappa shape index (κ3) is 4.35. The van der Waals surface area contributed by atoms with Crippen molar-refractivity contribution in [1.29, 1.82) is 10.5 Å². The number of furan rings is 1. The zero-order valence-electron chi connectivity index (χ0n) is 15.2. The standard InChI is InChI=1S/C23H17N3O2/c1-16(18-5-3-2-4-6-18)26-23(27)20(15-25)13-21-11-12-22(28-21)19-9-7-17(14-24)8-10-19/h2-13,16H,1H3,(H,26,27)/b20-13-/t16-/m0/s1. The molecule has 1 amide bonds. The average Bonchev–Trinajstić information content (AvgIpc) is 3.21. The molecule has 1 atom stereocenters. The van der Waals surface area contributed by atoms with Gasteiger partial charge >= 0.3 is 0 Å². The Hall–Kier alpha value is -4.09. The van der Waals surface area contributed by atoms with E-state index in [4.69, 9.17) is 9.68 Å². The van der Waals surface area contributed by atoms with Gasteiger partial charge in [0.05, 0.1) is 17.7 Å². The maximum absolute atomic E-state index is 12.4. The molecule has 1 aromatic heterocycles. The Labute approximate surface area is 163 Å². The predicted octanol–water partition coefficient (Wildman–Crippen LogP) is 4.60. The average molecular weight is 367 g/mol. The Kier molecular flexibility index (Phi) is 5.69. The molecule has 1 heterocycles. The smallest absolute Gasteiger partial charge is 0.262 e. The highest BCUT2D eigenvalue weighted by atomic mass is 16.3. The zero-order valence-corrected chi connectivity index (χ0v) is 15.2. The van der Waals surface area contributed by atoms with E-state index >= 15 is 0 Å². The molecule has 0 fully saturated rings. The lowest BCUT2D eigenvalue weighted by atomic mass is 10.1. The second-order valence-electron chi connectivity index (χ2n) is 6.17. The molecule has 5 nitrogen and oxygen atoms in total. The van der Waals surface area contributed by atoms with E-state index in [0.717, 1.165) is 11.1 Å². The van der Waals surface area contributed by atoms with Crippen LogP contribution in [-0.2, 0) is 4.79 Å². The molecule has 0 unspecified atom stereocenters. The molecule has 3 rings (SSSR count). The first-order valence-corrected chi connectivity index (χ1v) is 8.68. The van der Waals surface area contributed by atoms with Gasteiger partial charge in [-0.1, -0.05) is 30.3 Å². The van der Waals surface area contributed by atoms with E-state index in [9.17, 15) is 10.1 Å². The SMILES string of the molecule is C[C@H](NC(=O)/C(C#N)=C\c1ccc(-c2ccc(C#N)cc2)o1)c1ccccc1. The molecule has 0 aliphatic rings. The van der Waals surface area contributed by atoms with Gasteiger partial charge in [-0.25, -0.2) is 0 Å². The van der Waals surface area contributed by atoms with Crippen LogP contribution in [0.4, 0.5) is 0 Å². The Morgan fingerprint density at radius 2 is 1.75 bits per heavy atom. The van der Waals surface area contributed by atoms with Crippen molar-refractivity contribution in [3.05, 3.63) is 89.2 Å². The van der Waals surface area contributed by atoms with Crippen LogP contribution in [0, 0.1) is 22.7 Å². The number of hydrogen-bond acceptors (Lipinski definition) is 4. The summed E-state index contributed by atoms with van der Waals surface area (Å²) < 4.78 is 5.72. The van der Waals surface area contributed by atoms with E-state index in [1.807, 2.05) is 43.3 Å². The predicted molar refractivity (Wildman–Crippen MR) is 105 cm³/mol. The fourth-order valence-corrected chi connectivity index (χ4v) is 2.68. The molecule has 0 saturated heterocycles. The van der Waals surface area contributed by atoms with Crippen LogP contribution >= 0.6 is 0 Å². The summed E-state index contributed by atoms with van der Waals surface area (Å²) in [4.78, 5) is 12.4. The maximum atomic E-state index is 12.4. The normalized spacial score (nSPS) is 11.9. The minimum Gasteiger partial charge on any atom is -0.457 e. The number of carbonyl (C=O) groups excluding carboxylic acids is 1. The van der Waals surface area contributed by atoms with E-state index < -0.39 is 5.91 Å². The summed E-state index contributed by atoms with van der Waals surface area (Å²) in [5.41, 5.74) is 2.28. The number of carbonyl (C=O) groups is 1. The van der Waals surface area contributed by atoms with Crippen LogP contribution in [-0.4, -0.2) is 5.91 Å². The van der Waals surface area contributed by atoms with E-state index in [1.165, 1.54) is 6.08 Å². The zero-order chi connectivity index (χ0) is 19.9. The van der Waals surface area contributed by atoms with Crippen molar-refractivity contribution in [3.63, 3.8) is 0 Å². The minimum absolute atomic E-state index is 0.0384. The Bertz CT molecular complexity index is 1080. The Balaban J connectivity index is 1.75. The van der Waals surface area contributed by atoms with E-state index in [0.29, 0.717) is 17.1 Å². The quantitative estimate of drug-likeness (QED) is 0.527. The first-order valence-electron chi connectivity index (χ1n) is 8.68. The summed E-state index contributed by atoms with van der Waals surface area (Å²) in [7, 11) is 0. The van der Waals surface area contributed by atoms with Crippen LogP contribution in [0.25, 0.3) is 17.4 Å². The number of rotatable bonds is 5. The highest BCUT2D eigenvalue weighted by molar-refractivity contribution is 6.01. The topological polar surface area (TPSA) is 89.8 Å². The number of nitrogens with zero attached hydrogens (tertiary/aromatic N) is 2. The highest BCUT2D eigenvalue weighted by Gasteiger charge is 2.14. The van der Waals surface area contributed by atoms with Crippen LogP contribution in [0.2, 0.25) is 0 Å². The van der Waals surface area contributed by atoms with Gasteiger partial charge in [-0.15, -0.1) is 0 Å². The highest BCUT2D eigenvalue weighted by Crippen LogP contribution is 2.24. The molecule has 5 heteroatoms. The molecule has 136 valence electrons. The van der Waals surface area contributed by atoms with E-state index in [2.05, 4.69) is 11.4 Å². The Morgan fingerprint density at radius 3 is 2.39 bits per heavy atom. The summed E-state index contributed by atoms with van der Waals surface area (Å²) >= 11 is 0. The molecule has 0 radical (unpaired) electrons. The third-order valence-corrected chi connectivity index (χ3v) is 4.22. The molecule has 2 aromatic carbocycles. The number of nitrogens with one attached hydrogen (secondary N) is 1. The van der Waals surface area contributed by atoms with E-state index in [-0.39, 0.29) is 11.6 Å². The lowest BCUT2D eigenvalue weighted by Crippen LogP contribution is -2.27. The van der Waals surface area contributed by atoms with Gasteiger partial charge in [0.25, 0.3) is 5.91 Å². The summed E-state index contributed by atoms with van der Waals surface area (Å²) in [6, 6.07) is 23.7. The van der Waals surface area contributed by atoms with Crippen molar-refractivity contribution < 1.29 is 9.21 Å². The van der Waals surface area contributed by atoms with Crippen molar-refractivity contribution in [2.24, 2.45) is 0 Å². The van der Waals surface area contributed by atoms with Gasteiger partial charge < -0.3 is 9.73 Å². The molecule has 1 N–H and O–H groups in total. The van der Waals surface area contributed by atoms with Crippen molar-refractivity contribution in [2.75, 3.05) is 0 Å². The lowest BCUT2D eigenvalue weighted by Gasteiger charge is -2.13. The monoisotopic (exact) mass is 367 g/mol. The molecular weight excluding hydrogens is 350 g/mol. The fourth-order valence-electron chi connectivity index (χ4n) is 2.68. The van der Waals surface area contributed by atoms with Crippen LogP contribution in [0.5, 0.6) is 0 Å². The van der Waals surface area contributed by atoms with Gasteiger partial charge in [-0.05, 0) is 48.9 Å². The van der Waals surface area contributed by atoms with Crippen LogP contribution in [0.3, 0.4) is 0 Å². The second kappa shape index (κ2) is 8.53. The molecule has 28 heavy (non-hydrogen) atoms. The Morgan fingerprint density at radius 1 is 1.04 bits per heavy atom. The van der Waals surface area contributed by atoms with Crippen molar-refractivity contribution in [3.8, 4) is 23.5 Å². The molecular formula is C23H17N3O2. The summed E-state index contributed by atoms with van der Waals surface area (Å²) in [6.07, 6.45) is 1.42. The third-order valence-electron chi connectivity index (χ3n) is 4.22. The van der Waals surface area contributed by atoms with Crippen molar-refractivity contribution in [2.45, 2.75) is 13.0 Å². The number of hydrogen-bond donors (Lipinski definition) is 1. The van der Waals surface area contributed by atoms with Crippen LogP contribution in [0.1, 0.15) is 29.9 Å². The van der Waals surface area contributed by atoms with Crippen molar-refractivity contribution >= 4 is 12.0 Å². The summed E-state index contributed by atoms with van der Waals surface area (Å²) in [6.45, 7) is 1.86. The minimum atomic E-state index is -0.463. The molecule has 0 saturated carbocycles. The second-order valence-corrected chi connectivity index (χ2v) is 6.17. The fraction of sp³-hybridized carbons (Fsp3) is 0.0870. The van der Waals surface area contributed by atoms with Crippen molar-refractivity contribution in [1.82, 2.24) is 5.32 Å². The van der Waals surface area contributed by atoms with Gasteiger partial charge in [0.1, 0.15) is 23.2 Å². The maximum Gasteiger partial charge on any atom is 0.262 e. The van der Waals surface area contributed by atoms with Gasteiger partial charge in [-0.2, -0.15) is 10.5 Å². The number of nitriles is 2. The van der Waals surface area contributed by atoms with Gasteiger partial charge in [0.15, 0.2) is 0 Å². The first-order chi connectivity index (χ1) is 13.6. The van der Waals surface area contributed by atoms with E-state index in [1.54, 1.807) is 36.4 Å². The number of amides is 1. The largest absolute Gasteiger partial charge is 0.457 e. The molecule has 0 spiro atoms. The van der Waals surface area contributed by atoms with Gasteiger partial charge in [-0.3, -0.25) is 4.79 Å². The number of benzene rings is 2. The van der Waals surface area contributed by atoms with Gasteiger partial charge in [0, 0.05) is 11.6 Å².